The summed E-state index contributed by atoms with van der Waals surface area (Å²) >= 11 is 0. The zero-order valence-electron chi connectivity index (χ0n) is 10.8. The second kappa shape index (κ2) is 5.80. The molecule has 0 bridgehead atoms. The second-order valence-electron chi connectivity index (χ2n) is 4.18. The monoisotopic (exact) mass is 311 g/mol. The van der Waals surface area contributed by atoms with Gasteiger partial charge >= 0.3 is 11.9 Å². The van der Waals surface area contributed by atoms with E-state index < -0.39 is 28.1 Å². The number of halogens is 3. The molecule has 0 aliphatic rings. The molecule has 0 atom stereocenters. The molecule has 2 aromatic rings. The maximum atomic E-state index is 12.5. The molecule has 0 aliphatic heterocycles. The molecule has 0 saturated carbocycles. The number of phenolic OH excluding ortho intramolecular Hbond substituents is 1. The standard InChI is InChI=1S/C13H8F3N3O3/c14-13(15,16)8-2-1-3-9(6-8)17-18-10-4-5-12(20)11(7-10)19(21)22/h1-7,20H/b18-17+. The van der Waals surface area contributed by atoms with Gasteiger partial charge in [-0.2, -0.15) is 23.4 Å². The molecule has 1 N–H and O–H groups in total. The third-order valence-corrected chi connectivity index (χ3v) is 2.61. The predicted octanol–water partition coefficient (Wildman–Crippen LogP) is 4.73. The van der Waals surface area contributed by atoms with Crippen molar-refractivity contribution >= 4 is 17.1 Å². The SMILES string of the molecule is O=[N+]([O-])c1cc(/N=N/c2cccc(C(F)(F)F)c2)ccc1O. The van der Waals surface area contributed by atoms with E-state index in [1.165, 1.54) is 18.2 Å². The van der Waals surface area contributed by atoms with Crippen molar-refractivity contribution in [2.24, 2.45) is 10.2 Å². The van der Waals surface area contributed by atoms with Crippen LogP contribution in [0.25, 0.3) is 0 Å². The lowest BCUT2D eigenvalue weighted by atomic mass is 10.2. The summed E-state index contributed by atoms with van der Waals surface area (Å²) in [5.41, 5.74) is -1.46. The summed E-state index contributed by atoms with van der Waals surface area (Å²) in [6.45, 7) is 0. The van der Waals surface area contributed by atoms with Gasteiger partial charge in [-0.05, 0) is 30.3 Å². The van der Waals surface area contributed by atoms with Crippen LogP contribution in [0.15, 0.2) is 52.7 Å². The maximum Gasteiger partial charge on any atom is 0.416 e. The van der Waals surface area contributed by atoms with Crippen LogP contribution in [0.1, 0.15) is 5.56 Å². The van der Waals surface area contributed by atoms with Crippen LogP contribution in [-0.4, -0.2) is 10.0 Å². The Kier molecular flexibility index (Phi) is 4.06. The topological polar surface area (TPSA) is 88.1 Å². The Morgan fingerprint density at radius 1 is 1.05 bits per heavy atom. The number of hydrogen-bond acceptors (Lipinski definition) is 5. The van der Waals surface area contributed by atoms with E-state index in [1.807, 2.05) is 0 Å². The number of nitro benzene ring substituents is 1. The first-order valence-electron chi connectivity index (χ1n) is 5.84. The van der Waals surface area contributed by atoms with E-state index in [0.29, 0.717) is 0 Å². The molecule has 114 valence electrons. The minimum Gasteiger partial charge on any atom is -0.502 e. The lowest BCUT2D eigenvalue weighted by Crippen LogP contribution is -2.03. The van der Waals surface area contributed by atoms with Crippen molar-refractivity contribution in [1.82, 2.24) is 0 Å². The zero-order chi connectivity index (χ0) is 16.3. The van der Waals surface area contributed by atoms with Gasteiger partial charge in [0.25, 0.3) is 0 Å². The van der Waals surface area contributed by atoms with Crippen molar-refractivity contribution in [2.75, 3.05) is 0 Å². The Labute approximate surface area is 121 Å². The van der Waals surface area contributed by atoms with Gasteiger partial charge in [0.2, 0.25) is 0 Å². The first kappa shape index (κ1) is 15.4. The van der Waals surface area contributed by atoms with Crippen molar-refractivity contribution in [3.63, 3.8) is 0 Å². The summed E-state index contributed by atoms with van der Waals surface area (Å²) in [4.78, 5) is 9.84. The second-order valence-corrected chi connectivity index (χ2v) is 4.18. The van der Waals surface area contributed by atoms with Gasteiger partial charge in [-0.25, -0.2) is 0 Å². The number of hydrogen-bond donors (Lipinski definition) is 1. The zero-order valence-corrected chi connectivity index (χ0v) is 10.8. The van der Waals surface area contributed by atoms with E-state index in [0.717, 1.165) is 24.3 Å². The van der Waals surface area contributed by atoms with Gasteiger partial charge in [0.1, 0.15) is 0 Å². The minimum atomic E-state index is -4.50. The van der Waals surface area contributed by atoms with Gasteiger partial charge in [-0.15, -0.1) is 0 Å². The molecule has 6 nitrogen and oxygen atoms in total. The number of aromatic hydroxyl groups is 1. The Balaban J connectivity index is 2.29. The Bertz CT molecular complexity index is 745. The summed E-state index contributed by atoms with van der Waals surface area (Å²) in [6.07, 6.45) is -4.50. The van der Waals surface area contributed by atoms with Gasteiger partial charge in [0.15, 0.2) is 5.75 Å². The van der Waals surface area contributed by atoms with Gasteiger partial charge in [0.05, 0.1) is 21.9 Å². The van der Waals surface area contributed by atoms with Crippen molar-refractivity contribution in [1.29, 1.82) is 0 Å². The van der Waals surface area contributed by atoms with Crippen LogP contribution in [0.4, 0.5) is 30.2 Å². The van der Waals surface area contributed by atoms with Gasteiger partial charge in [0, 0.05) is 6.07 Å². The molecule has 0 aromatic heterocycles. The molecule has 2 aromatic carbocycles. The molecular formula is C13H8F3N3O3. The summed E-state index contributed by atoms with van der Waals surface area (Å²) in [6, 6.07) is 7.46. The molecule has 0 heterocycles. The highest BCUT2D eigenvalue weighted by Crippen LogP contribution is 2.33. The largest absolute Gasteiger partial charge is 0.502 e. The molecule has 0 radical (unpaired) electrons. The number of alkyl halides is 3. The van der Waals surface area contributed by atoms with Crippen LogP contribution in [-0.2, 0) is 6.18 Å². The van der Waals surface area contributed by atoms with Gasteiger partial charge in [-0.1, -0.05) is 6.07 Å². The average Bonchev–Trinajstić information content (AvgIpc) is 2.45. The maximum absolute atomic E-state index is 12.5. The van der Waals surface area contributed by atoms with Crippen LogP contribution >= 0.6 is 0 Å². The fourth-order valence-corrected chi connectivity index (χ4v) is 1.58. The molecule has 9 heteroatoms. The van der Waals surface area contributed by atoms with Crippen LogP contribution in [0.2, 0.25) is 0 Å². The quantitative estimate of drug-likeness (QED) is 0.504. The number of nitrogens with zero attached hydrogens (tertiary/aromatic N) is 3. The van der Waals surface area contributed by atoms with E-state index in [2.05, 4.69) is 10.2 Å². The average molecular weight is 311 g/mol. The van der Waals surface area contributed by atoms with E-state index in [9.17, 15) is 28.4 Å². The fourth-order valence-electron chi connectivity index (χ4n) is 1.58. The minimum absolute atomic E-state index is 0.0295. The fraction of sp³-hybridized carbons (Fsp3) is 0.0769. The first-order valence-corrected chi connectivity index (χ1v) is 5.84. The summed E-state index contributed by atoms with van der Waals surface area (Å²) in [7, 11) is 0. The normalized spacial score (nSPS) is 11.8. The van der Waals surface area contributed by atoms with E-state index in [1.54, 1.807) is 0 Å². The number of benzene rings is 2. The third-order valence-electron chi connectivity index (χ3n) is 2.61. The smallest absolute Gasteiger partial charge is 0.416 e. The Hall–Kier alpha value is -2.97. The van der Waals surface area contributed by atoms with E-state index >= 15 is 0 Å². The lowest BCUT2D eigenvalue weighted by Gasteiger charge is -2.05. The summed E-state index contributed by atoms with van der Waals surface area (Å²) < 4.78 is 37.6. The predicted molar refractivity (Wildman–Crippen MR) is 70.4 cm³/mol. The summed E-state index contributed by atoms with van der Waals surface area (Å²) in [5.74, 6) is -0.539. The number of azo groups is 1. The molecule has 2 rings (SSSR count). The highest BCUT2D eigenvalue weighted by atomic mass is 19.4. The molecule has 0 amide bonds. The van der Waals surface area contributed by atoms with E-state index in [4.69, 9.17) is 0 Å². The molecule has 0 fully saturated rings. The van der Waals surface area contributed by atoms with Crippen LogP contribution in [0.5, 0.6) is 5.75 Å². The van der Waals surface area contributed by atoms with Crippen molar-refractivity contribution in [2.45, 2.75) is 6.18 Å². The van der Waals surface area contributed by atoms with Gasteiger partial charge in [-0.3, -0.25) is 10.1 Å². The van der Waals surface area contributed by atoms with Crippen molar-refractivity contribution < 1.29 is 23.2 Å². The Morgan fingerprint density at radius 2 is 1.68 bits per heavy atom. The highest BCUT2D eigenvalue weighted by molar-refractivity contribution is 5.55. The van der Waals surface area contributed by atoms with Crippen LogP contribution in [0, 0.1) is 10.1 Å². The summed E-state index contributed by atoms with van der Waals surface area (Å²) in [5, 5.41) is 27.2. The van der Waals surface area contributed by atoms with Crippen LogP contribution < -0.4 is 0 Å². The number of phenols is 1. The molecule has 0 saturated heterocycles. The molecule has 22 heavy (non-hydrogen) atoms. The van der Waals surface area contributed by atoms with Crippen LogP contribution in [0.3, 0.4) is 0 Å². The number of nitro groups is 1. The molecular weight excluding hydrogens is 303 g/mol. The Morgan fingerprint density at radius 3 is 2.27 bits per heavy atom. The van der Waals surface area contributed by atoms with Crippen molar-refractivity contribution in [3.8, 4) is 5.75 Å². The van der Waals surface area contributed by atoms with Crippen molar-refractivity contribution in [3.05, 3.63) is 58.1 Å². The van der Waals surface area contributed by atoms with E-state index in [-0.39, 0.29) is 11.4 Å². The lowest BCUT2D eigenvalue weighted by molar-refractivity contribution is -0.385. The van der Waals surface area contributed by atoms with Gasteiger partial charge < -0.3 is 5.11 Å². The number of rotatable bonds is 3. The molecule has 0 aliphatic carbocycles. The molecule has 0 spiro atoms. The first-order chi connectivity index (χ1) is 10.3. The molecule has 0 unspecified atom stereocenters. The third kappa shape index (κ3) is 3.57. The highest BCUT2D eigenvalue weighted by Gasteiger charge is 2.30.